The van der Waals surface area contributed by atoms with Crippen LogP contribution in [0.3, 0.4) is 0 Å². The number of rotatable bonds is 9. The lowest BCUT2D eigenvalue weighted by atomic mass is 10.0. The summed E-state index contributed by atoms with van der Waals surface area (Å²) in [6.07, 6.45) is 0. The van der Waals surface area contributed by atoms with Gasteiger partial charge in [0.1, 0.15) is 12.1 Å². The van der Waals surface area contributed by atoms with Crippen molar-refractivity contribution in [1.29, 1.82) is 0 Å². The van der Waals surface area contributed by atoms with E-state index < -0.39 is 42.3 Å². The molecule has 3 amide bonds. The van der Waals surface area contributed by atoms with Crippen LogP contribution in [0.4, 0.5) is 0 Å². The van der Waals surface area contributed by atoms with Crippen molar-refractivity contribution < 1.29 is 24.3 Å². The van der Waals surface area contributed by atoms with E-state index >= 15 is 0 Å². The highest BCUT2D eigenvalue weighted by Gasteiger charge is 2.24. The van der Waals surface area contributed by atoms with Crippen molar-refractivity contribution in [3.8, 4) is 0 Å². The minimum absolute atomic E-state index is 0.0732. The van der Waals surface area contributed by atoms with Crippen LogP contribution in [-0.2, 0) is 19.2 Å². The maximum atomic E-state index is 12.0. The monoisotopic (exact) mass is 334 g/mol. The average Bonchev–Trinajstić information content (AvgIpc) is 2.46. The highest BCUT2D eigenvalue weighted by molar-refractivity contribution is 7.80. The van der Waals surface area contributed by atoms with Gasteiger partial charge in [-0.25, -0.2) is 4.79 Å². The molecule has 22 heavy (non-hydrogen) atoms. The highest BCUT2D eigenvalue weighted by Crippen LogP contribution is 2.01. The Morgan fingerprint density at radius 2 is 1.73 bits per heavy atom. The van der Waals surface area contributed by atoms with Gasteiger partial charge in [-0.2, -0.15) is 12.6 Å². The number of thiol groups is 1. The fourth-order valence-corrected chi connectivity index (χ4v) is 1.72. The molecule has 2 atom stereocenters. The summed E-state index contributed by atoms with van der Waals surface area (Å²) < 4.78 is 0. The van der Waals surface area contributed by atoms with Crippen molar-refractivity contribution in [2.45, 2.75) is 25.9 Å². The molecule has 0 saturated carbocycles. The number of aliphatic carboxylic acids is 1. The predicted octanol–water partition coefficient (Wildman–Crippen LogP) is -2.30. The van der Waals surface area contributed by atoms with E-state index in [4.69, 9.17) is 10.8 Å². The molecule has 0 aliphatic heterocycles. The Hall–Kier alpha value is -1.81. The lowest BCUT2D eigenvalue weighted by molar-refractivity contribution is -0.141. The summed E-state index contributed by atoms with van der Waals surface area (Å²) in [6, 6.07) is -1.96. The van der Waals surface area contributed by atoms with Crippen LogP contribution in [0.15, 0.2) is 0 Å². The molecule has 0 heterocycles. The molecule has 10 heteroatoms. The molecular weight excluding hydrogens is 312 g/mol. The molecule has 0 spiro atoms. The van der Waals surface area contributed by atoms with E-state index in [9.17, 15) is 19.2 Å². The third-order valence-electron chi connectivity index (χ3n) is 2.69. The van der Waals surface area contributed by atoms with Crippen LogP contribution in [0.5, 0.6) is 0 Å². The predicted molar refractivity (Wildman–Crippen MR) is 82.3 cm³/mol. The summed E-state index contributed by atoms with van der Waals surface area (Å²) in [5, 5.41) is 15.8. The molecule has 9 nitrogen and oxygen atoms in total. The number of carboxylic acid groups (broad SMARTS) is 1. The molecule has 6 N–H and O–H groups in total. The Balaban J connectivity index is 4.47. The molecule has 0 rings (SSSR count). The van der Waals surface area contributed by atoms with Crippen LogP contribution in [0.25, 0.3) is 0 Å². The molecular formula is C12H22N4O5S. The molecule has 0 aromatic heterocycles. The third-order valence-corrected chi connectivity index (χ3v) is 3.06. The number of carboxylic acids is 1. The van der Waals surface area contributed by atoms with Gasteiger partial charge in [-0.1, -0.05) is 13.8 Å². The number of nitrogens with one attached hydrogen (secondary N) is 3. The van der Waals surface area contributed by atoms with Gasteiger partial charge in [-0.05, 0) is 5.92 Å². The van der Waals surface area contributed by atoms with Crippen LogP contribution in [0, 0.1) is 5.92 Å². The van der Waals surface area contributed by atoms with E-state index in [-0.39, 0.29) is 18.2 Å². The van der Waals surface area contributed by atoms with Crippen molar-refractivity contribution in [1.82, 2.24) is 16.0 Å². The van der Waals surface area contributed by atoms with Crippen molar-refractivity contribution in [3.05, 3.63) is 0 Å². The normalized spacial score (nSPS) is 13.1. The Kier molecular flexibility index (Phi) is 9.18. The molecule has 0 aromatic carbocycles. The van der Waals surface area contributed by atoms with Crippen LogP contribution in [0.1, 0.15) is 13.8 Å². The summed E-state index contributed by atoms with van der Waals surface area (Å²) in [5.41, 5.74) is 5.17. The fraction of sp³-hybridized carbons (Fsp3) is 0.667. The topological polar surface area (TPSA) is 151 Å². The number of carbonyl (C=O) groups excluding carboxylic acids is 3. The smallest absolute Gasteiger partial charge is 0.327 e. The van der Waals surface area contributed by atoms with E-state index in [1.807, 2.05) is 0 Å². The van der Waals surface area contributed by atoms with Gasteiger partial charge in [0.15, 0.2) is 0 Å². The second-order valence-corrected chi connectivity index (χ2v) is 5.22. The van der Waals surface area contributed by atoms with E-state index in [2.05, 4.69) is 28.6 Å². The van der Waals surface area contributed by atoms with Crippen LogP contribution in [0.2, 0.25) is 0 Å². The number of carbonyl (C=O) groups is 4. The second-order valence-electron chi connectivity index (χ2n) is 4.85. The largest absolute Gasteiger partial charge is 0.480 e. The zero-order valence-electron chi connectivity index (χ0n) is 12.5. The Morgan fingerprint density at radius 3 is 2.14 bits per heavy atom. The molecule has 0 saturated heterocycles. The highest BCUT2D eigenvalue weighted by atomic mass is 32.1. The standard InChI is InChI=1S/C12H22N4O5S/c1-6(2)10(16-8(17)3-13)11(19)14-4-9(18)15-7(5-22)12(20)21/h6-7,10,22H,3-5,13H2,1-2H3,(H,14,19)(H,15,18)(H,16,17)(H,20,21). The molecule has 0 radical (unpaired) electrons. The number of nitrogens with two attached hydrogens (primary N) is 1. The Morgan fingerprint density at radius 1 is 1.14 bits per heavy atom. The van der Waals surface area contributed by atoms with Crippen LogP contribution in [-0.4, -0.2) is 59.7 Å². The third kappa shape index (κ3) is 7.27. The molecule has 126 valence electrons. The first-order valence-corrected chi connectivity index (χ1v) is 7.26. The summed E-state index contributed by atoms with van der Waals surface area (Å²) in [5.74, 6) is -3.20. The van der Waals surface area contributed by atoms with Crippen molar-refractivity contribution >= 4 is 36.3 Å². The van der Waals surface area contributed by atoms with Crippen molar-refractivity contribution in [3.63, 3.8) is 0 Å². The molecule has 0 aliphatic carbocycles. The van der Waals surface area contributed by atoms with Crippen molar-refractivity contribution in [2.75, 3.05) is 18.8 Å². The Labute approximate surface area is 133 Å². The van der Waals surface area contributed by atoms with Crippen LogP contribution < -0.4 is 21.7 Å². The SMILES string of the molecule is CC(C)C(NC(=O)CN)C(=O)NCC(=O)NC(CS)C(=O)O. The maximum Gasteiger partial charge on any atom is 0.327 e. The van der Waals surface area contributed by atoms with Gasteiger partial charge >= 0.3 is 5.97 Å². The summed E-state index contributed by atoms with van der Waals surface area (Å²) in [7, 11) is 0. The lowest BCUT2D eigenvalue weighted by Crippen LogP contribution is -2.53. The number of hydrogen-bond donors (Lipinski definition) is 6. The zero-order valence-corrected chi connectivity index (χ0v) is 13.4. The number of hydrogen-bond acceptors (Lipinski definition) is 6. The Bertz CT molecular complexity index is 430. The van der Waals surface area contributed by atoms with E-state index in [0.717, 1.165) is 0 Å². The summed E-state index contributed by atoms with van der Waals surface area (Å²) in [6.45, 7) is 2.79. The van der Waals surface area contributed by atoms with Gasteiger partial charge in [0.25, 0.3) is 0 Å². The minimum Gasteiger partial charge on any atom is -0.480 e. The van der Waals surface area contributed by atoms with E-state index in [1.165, 1.54) is 0 Å². The van der Waals surface area contributed by atoms with Gasteiger partial charge in [-0.15, -0.1) is 0 Å². The van der Waals surface area contributed by atoms with Gasteiger partial charge in [0.2, 0.25) is 17.7 Å². The minimum atomic E-state index is -1.22. The quantitative estimate of drug-likeness (QED) is 0.261. The first-order valence-electron chi connectivity index (χ1n) is 6.63. The lowest BCUT2D eigenvalue weighted by Gasteiger charge is -2.21. The summed E-state index contributed by atoms with van der Waals surface area (Å²) in [4.78, 5) is 45.5. The molecule has 0 aromatic rings. The first kappa shape index (κ1) is 20.2. The second kappa shape index (κ2) is 10.0. The molecule has 0 bridgehead atoms. The fourth-order valence-electron chi connectivity index (χ4n) is 1.48. The van der Waals surface area contributed by atoms with Crippen LogP contribution >= 0.6 is 12.6 Å². The first-order chi connectivity index (χ1) is 10.2. The number of amides is 3. The average molecular weight is 334 g/mol. The maximum absolute atomic E-state index is 12.0. The van der Waals surface area contributed by atoms with E-state index in [1.54, 1.807) is 13.8 Å². The van der Waals surface area contributed by atoms with E-state index in [0.29, 0.717) is 0 Å². The van der Waals surface area contributed by atoms with Gasteiger partial charge in [0, 0.05) is 5.75 Å². The molecule has 2 unspecified atom stereocenters. The van der Waals surface area contributed by atoms with Gasteiger partial charge in [-0.3, -0.25) is 14.4 Å². The van der Waals surface area contributed by atoms with Gasteiger partial charge < -0.3 is 26.8 Å². The zero-order chi connectivity index (χ0) is 17.3. The van der Waals surface area contributed by atoms with Crippen molar-refractivity contribution in [2.24, 2.45) is 11.7 Å². The van der Waals surface area contributed by atoms with Gasteiger partial charge in [0.05, 0.1) is 13.1 Å². The molecule has 0 fully saturated rings. The summed E-state index contributed by atoms with van der Waals surface area (Å²) >= 11 is 3.80. The molecule has 0 aliphatic rings.